The molecule has 1 N–H and O–H groups in total. The van der Waals surface area contributed by atoms with Gasteiger partial charge in [0.15, 0.2) is 0 Å². The highest BCUT2D eigenvalue weighted by atomic mass is 16.5. The molecule has 0 saturated carbocycles. The summed E-state index contributed by atoms with van der Waals surface area (Å²) in [4.78, 5) is 4.81. The van der Waals surface area contributed by atoms with Crippen LogP contribution in [-0.2, 0) is 17.8 Å². The first-order valence-electron chi connectivity index (χ1n) is 6.94. The van der Waals surface area contributed by atoms with Crippen molar-refractivity contribution in [3.05, 3.63) is 35.4 Å². The van der Waals surface area contributed by atoms with Crippen LogP contribution in [0.1, 0.15) is 31.4 Å². The summed E-state index contributed by atoms with van der Waals surface area (Å²) in [6.45, 7) is 5.79. The molecular weight excluding hydrogens is 236 g/mol. The van der Waals surface area contributed by atoms with Gasteiger partial charge in [-0.25, -0.2) is 4.98 Å². The maximum absolute atomic E-state index is 5.25. The summed E-state index contributed by atoms with van der Waals surface area (Å²) in [6.07, 6.45) is 2.18. The number of rotatable bonds is 6. The second-order valence-electron chi connectivity index (χ2n) is 4.70. The summed E-state index contributed by atoms with van der Waals surface area (Å²) in [6, 6.07) is 8.52. The highest BCUT2D eigenvalue weighted by Gasteiger charge is 2.08. The quantitative estimate of drug-likeness (QED) is 0.856. The van der Waals surface area contributed by atoms with Gasteiger partial charge in [-0.3, -0.25) is 0 Å². The molecule has 1 aromatic heterocycles. The molecule has 0 saturated heterocycles. The Morgan fingerprint density at radius 2 is 2.05 bits per heavy atom. The first-order chi connectivity index (χ1) is 9.30. The van der Waals surface area contributed by atoms with E-state index in [9.17, 15) is 0 Å². The molecule has 2 rings (SSSR count). The molecule has 3 nitrogen and oxygen atoms in total. The molecule has 2 aromatic rings. The highest BCUT2D eigenvalue weighted by molar-refractivity contribution is 5.84. The van der Waals surface area contributed by atoms with Crippen LogP contribution >= 0.6 is 0 Å². The van der Waals surface area contributed by atoms with Crippen molar-refractivity contribution in [1.82, 2.24) is 4.98 Å². The number of para-hydroxylation sites is 1. The molecular formula is C16H22N2O. The number of aromatic nitrogens is 1. The molecule has 19 heavy (non-hydrogen) atoms. The normalized spacial score (nSPS) is 10.9. The second kappa shape index (κ2) is 6.53. The predicted molar refractivity (Wildman–Crippen MR) is 80.6 cm³/mol. The summed E-state index contributed by atoms with van der Waals surface area (Å²) in [7, 11) is 1.72. The topological polar surface area (TPSA) is 34.1 Å². The van der Waals surface area contributed by atoms with Crippen LogP contribution in [0.15, 0.2) is 24.3 Å². The van der Waals surface area contributed by atoms with Gasteiger partial charge in [-0.2, -0.15) is 0 Å². The Hall–Kier alpha value is -1.61. The number of anilines is 1. The smallest absolute Gasteiger partial charge is 0.129 e. The molecule has 1 aromatic carbocycles. The van der Waals surface area contributed by atoms with Crippen LogP contribution < -0.4 is 5.32 Å². The zero-order valence-corrected chi connectivity index (χ0v) is 12.0. The van der Waals surface area contributed by atoms with Crippen molar-refractivity contribution in [2.24, 2.45) is 0 Å². The Balaban J connectivity index is 2.55. The molecule has 102 valence electrons. The maximum atomic E-state index is 5.25. The Morgan fingerprint density at radius 1 is 1.21 bits per heavy atom. The molecule has 0 radical (unpaired) electrons. The first kappa shape index (κ1) is 13.8. The molecule has 0 aliphatic heterocycles. The number of methoxy groups -OCH3 is 1. The standard InChI is InChI=1S/C16H22N2O/c1-4-7-13-10-12-8-6-9-14(11-19-3)15(12)18-16(13)17-5-2/h6,8-10H,4-5,7,11H2,1-3H3,(H,17,18). The zero-order valence-electron chi connectivity index (χ0n) is 12.0. The number of aryl methyl sites for hydroxylation is 1. The number of nitrogens with one attached hydrogen (secondary N) is 1. The van der Waals surface area contributed by atoms with E-state index in [1.54, 1.807) is 7.11 Å². The van der Waals surface area contributed by atoms with Crippen LogP contribution in [0.3, 0.4) is 0 Å². The Labute approximate surface area is 115 Å². The predicted octanol–water partition coefficient (Wildman–Crippen LogP) is 3.77. The number of benzene rings is 1. The molecule has 0 spiro atoms. The second-order valence-corrected chi connectivity index (χ2v) is 4.70. The van der Waals surface area contributed by atoms with E-state index in [4.69, 9.17) is 9.72 Å². The van der Waals surface area contributed by atoms with Crippen molar-refractivity contribution in [1.29, 1.82) is 0 Å². The fourth-order valence-electron chi connectivity index (χ4n) is 2.36. The van der Waals surface area contributed by atoms with Gasteiger partial charge >= 0.3 is 0 Å². The third-order valence-electron chi connectivity index (χ3n) is 3.17. The molecule has 0 aliphatic carbocycles. The lowest BCUT2D eigenvalue weighted by atomic mass is 10.1. The number of nitrogens with zero attached hydrogens (tertiary/aromatic N) is 1. The summed E-state index contributed by atoms with van der Waals surface area (Å²) < 4.78 is 5.25. The lowest BCUT2D eigenvalue weighted by Gasteiger charge is -2.13. The van der Waals surface area contributed by atoms with E-state index in [0.29, 0.717) is 6.61 Å². The van der Waals surface area contributed by atoms with Crippen LogP contribution in [0.2, 0.25) is 0 Å². The SMILES string of the molecule is CCCc1cc2cccc(COC)c2nc1NCC. The molecule has 0 amide bonds. The summed E-state index contributed by atoms with van der Waals surface area (Å²) in [5.41, 5.74) is 3.48. The number of ether oxygens (including phenoxy) is 1. The molecule has 0 fully saturated rings. The van der Waals surface area contributed by atoms with Crippen molar-refractivity contribution in [2.45, 2.75) is 33.3 Å². The van der Waals surface area contributed by atoms with E-state index < -0.39 is 0 Å². The average molecular weight is 258 g/mol. The third kappa shape index (κ3) is 3.04. The average Bonchev–Trinajstić information content (AvgIpc) is 2.41. The Bertz CT molecular complexity index is 552. The van der Waals surface area contributed by atoms with E-state index in [0.717, 1.165) is 36.3 Å². The highest BCUT2D eigenvalue weighted by Crippen LogP contribution is 2.24. The summed E-state index contributed by atoms with van der Waals surface area (Å²) >= 11 is 0. The van der Waals surface area contributed by atoms with Crippen LogP contribution in [0.25, 0.3) is 10.9 Å². The van der Waals surface area contributed by atoms with E-state index in [-0.39, 0.29) is 0 Å². The van der Waals surface area contributed by atoms with Gasteiger partial charge in [0.1, 0.15) is 5.82 Å². The Morgan fingerprint density at radius 3 is 2.74 bits per heavy atom. The minimum Gasteiger partial charge on any atom is -0.380 e. The number of hydrogen-bond donors (Lipinski definition) is 1. The van der Waals surface area contributed by atoms with Crippen LogP contribution in [0.5, 0.6) is 0 Å². The lowest BCUT2D eigenvalue weighted by molar-refractivity contribution is 0.186. The van der Waals surface area contributed by atoms with Crippen LogP contribution in [0.4, 0.5) is 5.82 Å². The van der Waals surface area contributed by atoms with E-state index in [2.05, 4.69) is 43.4 Å². The first-order valence-corrected chi connectivity index (χ1v) is 6.94. The fourth-order valence-corrected chi connectivity index (χ4v) is 2.36. The minimum absolute atomic E-state index is 0.600. The maximum Gasteiger partial charge on any atom is 0.129 e. The van der Waals surface area contributed by atoms with Gasteiger partial charge in [0.25, 0.3) is 0 Å². The Kier molecular flexibility index (Phi) is 4.74. The van der Waals surface area contributed by atoms with Gasteiger partial charge in [-0.1, -0.05) is 31.5 Å². The summed E-state index contributed by atoms with van der Waals surface area (Å²) in [5.74, 6) is 1.01. The van der Waals surface area contributed by atoms with Crippen molar-refractivity contribution in [3.63, 3.8) is 0 Å². The van der Waals surface area contributed by atoms with Crippen molar-refractivity contribution < 1.29 is 4.74 Å². The van der Waals surface area contributed by atoms with Gasteiger partial charge in [0.05, 0.1) is 12.1 Å². The summed E-state index contributed by atoms with van der Waals surface area (Å²) in [5, 5.41) is 4.56. The minimum atomic E-state index is 0.600. The largest absolute Gasteiger partial charge is 0.380 e. The fraction of sp³-hybridized carbons (Fsp3) is 0.438. The molecule has 3 heteroatoms. The van der Waals surface area contributed by atoms with Crippen molar-refractivity contribution in [2.75, 3.05) is 19.0 Å². The number of hydrogen-bond acceptors (Lipinski definition) is 3. The molecule has 0 unspecified atom stereocenters. The van der Waals surface area contributed by atoms with Gasteiger partial charge in [0, 0.05) is 24.6 Å². The van der Waals surface area contributed by atoms with Crippen molar-refractivity contribution >= 4 is 16.7 Å². The van der Waals surface area contributed by atoms with Crippen LogP contribution in [0, 0.1) is 0 Å². The van der Waals surface area contributed by atoms with E-state index in [1.807, 2.05) is 0 Å². The molecule has 0 aliphatic rings. The zero-order chi connectivity index (χ0) is 13.7. The van der Waals surface area contributed by atoms with E-state index in [1.165, 1.54) is 10.9 Å². The van der Waals surface area contributed by atoms with Gasteiger partial charge in [0.2, 0.25) is 0 Å². The van der Waals surface area contributed by atoms with E-state index >= 15 is 0 Å². The molecule has 0 bridgehead atoms. The molecule has 1 heterocycles. The lowest BCUT2D eigenvalue weighted by Crippen LogP contribution is -2.05. The van der Waals surface area contributed by atoms with Gasteiger partial charge in [-0.05, 0) is 25.0 Å². The molecule has 0 atom stereocenters. The van der Waals surface area contributed by atoms with Gasteiger partial charge < -0.3 is 10.1 Å². The monoisotopic (exact) mass is 258 g/mol. The number of fused-ring (bicyclic) bond motifs is 1. The van der Waals surface area contributed by atoms with Crippen molar-refractivity contribution in [3.8, 4) is 0 Å². The third-order valence-corrected chi connectivity index (χ3v) is 3.17. The van der Waals surface area contributed by atoms with Gasteiger partial charge in [-0.15, -0.1) is 0 Å². The number of pyridine rings is 1. The van der Waals surface area contributed by atoms with Crippen LogP contribution in [-0.4, -0.2) is 18.6 Å².